The van der Waals surface area contributed by atoms with Gasteiger partial charge in [-0.2, -0.15) is 13.2 Å². The molecule has 0 fully saturated rings. The number of aromatic nitrogens is 1. The van der Waals surface area contributed by atoms with Gasteiger partial charge in [0.15, 0.2) is 0 Å². The zero-order chi connectivity index (χ0) is 12.8. The number of benzene rings is 1. The van der Waals surface area contributed by atoms with Crippen LogP contribution in [0.5, 0.6) is 0 Å². The smallest absolute Gasteiger partial charge is 0.285 e. The van der Waals surface area contributed by atoms with E-state index >= 15 is 0 Å². The zero-order valence-corrected chi connectivity index (χ0v) is 9.30. The zero-order valence-electron chi connectivity index (χ0n) is 9.30. The Morgan fingerprint density at radius 2 is 1.88 bits per heavy atom. The molecule has 0 aliphatic heterocycles. The van der Waals surface area contributed by atoms with Crippen LogP contribution < -0.4 is 0 Å². The summed E-state index contributed by atoms with van der Waals surface area (Å²) in [6.07, 6.45) is -4.39. The second kappa shape index (κ2) is 3.61. The van der Waals surface area contributed by atoms with Gasteiger partial charge in [0.25, 0.3) is 0 Å². The molecule has 0 radical (unpaired) electrons. The monoisotopic (exact) mass is 241 g/mol. The van der Waals surface area contributed by atoms with Gasteiger partial charge in [-0.15, -0.1) is 0 Å². The third-order valence-electron chi connectivity index (χ3n) is 2.63. The summed E-state index contributed by atoms with van der Waals surface area (Å²) in [5.41, 5.74) is 0.183. The standard InChI is InChI=1S/C12H10F3NO/c1-7-5-9-3-4-10(12(13,14)15)6-11(9)16(7)8(2)17/h3-6H,1-2H3. The Hall–Kier alpha value is -1.78. The molecule has 0 N–H and O–H groups in total. The van der Waals surface area contributed by atoms with Crippen molar-refractivity contribution in [2.45, 2.75) is 20.0 Å². The third-order valence-corrected chi connectivity index (χ3v) is 2.63. The van der Waals surface area contributed by atoms with Crippen LogP contribution in [-0.4, -0.2) is 10.5 Å². The maximum Gasteiger partial charge on any atom is 0.416 e. The number of rotatable bonds is 0. The second-order valence-electron chi connectivity index (χ2n) is 3.91. The Morgan fingerprint density at radius 1 is 1.24 bits per heavy atom. The molecule has 90 valence electrons. The van der Waals surface area contributed by atoms with E-state index in [-0.39, 0.29) is 5.91 Å². The number of carbonyl (C=O) groups excluding carboxylic acids is 1. The molecule has 2 rings (SSSR count). The van der Waals surface area contributed by atoms with Crippen molar-refractivity contribution < 1.29 is 18.0 Å². The number of hydrogen-bond donors (Lipinski definition) is 0. The molecule has 0 saturated heterocycles. The molecule has 5 heteroatoms. The first-order valence-electron chi connectivity index (χ1n) is 5.01. The fourth-order valence-corrected chi connectivity index (χ4v) is 1.93. The summed E-state index contributed by atoms with van der Waals surface area (Å²) < 4.78 is 39.0. The fraction of sp³-hybridized carbons (Fsp3) is 0.250. The maximum absolute atomic E-state index is 12.6. The van der Waals surface area contributed by atoms with Gasteiger partial charge in [-0.05, 0) is 25.1 Å². The van der Waals surface area contributed by atoms with E-state index in [1.54, 1.807) is 13.0 Å². The van der Waals surface area contributed by atoms with Gasteiger partial charge in [-0.3, -0.25) is 9.36 Å². The highest BCUT2D eigenvalue weighted by Gasteiger charge is 2.31. The average Bonchev–Trinajstić information content (AvgIpc) is 2.50. The van der Waals surface area contributed by atoms with Crippen molar-refractivity contribution >= 4 is 16.8 Å². The van der Waals surface area contributed by atoms with Gasteiger partial charge in [0, 0.05) is 18.0 Å². The Morgan fingerprint density at radius 3 is 2.41 bits per heavy atom. The van der Waals surface area contributed by atoms with E-state index < -0.39 is 11.7 Å². The molecular formula is C12H10F3NO. The van der Waals surface area contributed by atoms with Crippen molar-refractivity contribution in [1.29, 1.82) is 0 Å². The quantitative estimate of drug-likeness (QED) is 0.690. The first-order valence-corrected chi connectivity index (χ1v) is 5.01. The lowest BCUT2D eigenvalue weighted by Crippen LogP contribution is -2.09. The molecule has 2 aromatic rings. The Bertz CT molecular complexity index is 596. The predicted molar refractivity (Wildman–Crippen MR) is 58.0 cm³/mol. The first-order chi connectivity index (χ1) is 7.80. The first kappa shape index (κ1) is 11.7. The topological polar surface area (TPSA) is 22.0 Å². The van der Waals surface area contributed by atoms with Gasteiger partial charge < -0.3 is 0 Å². The third kappa shape index (κ3) is 1.92. The lowest BCUT2D eigenvalue weighted by Gasteiger charge is -2.08. The van der Waals surface area contributed by atoms with Crippen LogP contribution in [0.4, 0.5) is 13.2 Å². The summed E-state index contributed by atoms with van der Waals surface area (Å²) in [5, 5.41) is 0.630. The molecule has 1 aromatic heterocycles. The molecule has 1 aromatic carbocycles. The van der Waals surface area contributed by atoms with E-state index in [4.69, 9.17) is 0 Å². The van der Waals surface area contributed by atoms with Gasteiger partial charge >= 0.3 is 6.18 Å². The van der Waals surface area contributed by atoms with E-state index in [1.807, 2.05) is 0 Å². The Balaban J connectivity index is 2.75. The number of halogens is 3. The largest absolute Gasteiger partial charge is 0.416 e. The second-order valence-corrected chi connectivity index (χ2v) is 3.91. The van der Waals surface area contributed by atoms with Crippen molar-refractivity contribution in [3.05, 3.63) is 35.5 Å². The summed E-state index contributed by atoms with van der Waals surface area (Å²) in [7, 11) is 0. The highest BCUT2D eigenvalue weighted by atomic mass is 19.4. The molecule has 17 heavy (non-hydrogen) atoms. The maximum atomic E-state index is 12.6. The van der Waals surface area contributed by atoms with Crippen LogP contribution in [0.3, 0.4) is 0 Å². The van der Waals surface area contributed by atoms with Crippen LogP contribution in [0.2, 0.25) is 0 Å². The number of carbonyl (C=O) groups is 1. The van der Waals surface area contributed by atoms with Crippen LogP contribution in [0, 0.1) is 6.92 Å². The summed E-state index contributed by atoms with van der Waals surface area (Å²) in [4.78, 5) is 11.4. The number of aryl methyl sites for hydroxylation is 1. The van der Waals surface area contributed by atoms with E-state index in [2.05, 4.69) is 0 Å². The number of hydrogen-bond acceptors (Lipinski definition) is 1. The molecule has 0 bridgehead atoms. The van der Waals surface area contributed by atoms with E-state index in [0.29, 0.717) is 16.6 Å². The molecule has 0 aliphatic carbocycles. The van der Waals surface area contributed by atoms with E-state index in [0.717, 1.165) is 12.1 Å². The van der Waals surface area contributed by atoms with E-state index in [9.17, 15) is 18.0 Å². The van der Waals surface area contributed by atoms with Crippen LogP contribution >= 0.6 is 0 Å². The molecule has 0 aliphatic rings. The molecule has 0 amide bonds. The Labute approximate surface area is 95.7 Å². The summed E-state index contributed by atoms with van der Waals surface area (Å²) >= 11 is 0. The van der Waals surface area contributed by atoms with Crippen LogP contribution in [0.15, 0.2) is 24.3 Å². The highest BCUT2D eigenvalue weighted by Crippen LogP contribution is 2.32. The highest BCUT2D eigenvalue weighted by molar-refractivity contribution is 5.93. The molecule has 0 atom stereocenters. The van der Waals surface area contributed by atoms with Crippen molar-refractivity contribution in [2.75, 3.05) is 0 Å². The molecule has 1 heterocycles. The van der Waals surface area contributed by atoms with Gasteiger partial charge in [-0.25, -0.2) is 0 Å². The van der Waals surface area contributed by atoms with Crippen LogP contribution in [-0.2, 0) is 6.18 Å². The van der Waals surface area contributed by atoms with Crippen molar-refractivity contribution in [3.63, 3.8) is 0 Å². The van der Waals surface area contributed by atoms with E-state index in [1.165, 1.54) is 17.6 Å². The summed E-state index contributed by atoms with van der Waals surface area (Å²) in [5.74, 6) is -0.295. The van der Waals surface area contributed by atoms with Gasteiger partial charge in [-0.1, -0.05) is 6.07 Å². The minimum absolute atomic E-state index is 0.295. The van der Waals surface area contributed by atoms with Crippen molar-refractivity contribution in [1.82, 2.24) is 4.57 Å². The predicted octanol–water partition coefficient (Wildman–Crippen LogP) is 3.63. The van der Waals surface area contributed by atoms with Gasteiger partial charge in [0.05, 0.1) is 11.1 Å². The normalized spacial score (nSPS) is 12.1. The molecule has 0 spiro atoms. The molecule has 2 nitrogen and oxygen atoms in total. The molecule has 0 saturated carbocycles. The van der Waals surface area contributed by atoms with Crippen molar-refractivity contribution in [2.24, 2.45) is 0 Å². The average molecular weight is 241 g/mol. The van der Waals surface area contributed by atoms with Crippen molar-refractivity contribution in [3.8, 4) is 0 Å². The van der Waals surface area contributed by atoms with Gasteiger partial charge in [0.1, 0.15) is 0 Å². The van der Waals surface area contributed by atoms with Crippen LogP contribution in [0.1, 0.15) is 23.0 Å². The number of nitrogens with zero attached hydrogens (tertiary/aromatic N) is 1. The molecular weight excluding hydrogens is 231 g/mol. The lowest BCUT2D eigenvalue weighted by molar-refractivity contribution is -0.137. The number of alkyl halides is 3. The minimum atomic E-state index is -4.39. The summed E-state index contributed by atoms with van der Waals surface area (Å²) in [6.45, 7) is 3.02. The minimum Gasteiger partial charge on any atom is -0.285 e. The lowest BCUT2D eigenvalue weighted by atomic mass is 10.1. The summed E-state index contributed by atoms with van der Waals surface area (Å²) in [6, 6.07) is 5.09. The van der Waals surface area contributed by atoms with Crippen LogP contribution in [0.25, 0.3) is 10.9 Å². The fourth-order valence-electron chi connectivity index (χ4n) is 1.93. The molecule has 0 unspecified atom stereocenters. The number of fused-ring (bicyclic) bond motifs is 1. The SMILES string of the molecule is CC(=O)n1c(C)cc2ccc(C(F)(F)F)cc21. The van der Waals surface area contributed by atoms with Gasteiger partial charge in [0.2, 0.25) is 5.91 Å². The Kier molecular flexibility index (Phi) is 2.49.